The van der Waals surface area contributed by atoms with Crippen LogP contribution in [0.3, 0.4) is 0 Å². The first-order chi connectivity index (χ1) is 11.2. The molecule has 1 atom stereocenters. The molecule has 1 unspecified atom stereocenters. The number of sulfone groups is 1. The van der Waals surface area contributed by atoms with Crippen molar-refractivity contribution in [2.24, 2.45) is 4.99 Å². The fourth-order valence-corrected chi connectivity index (χ4v) is 5.15. The number of likely N-dealkylation sites (N-methyl/N-ethyl adjacent to an activating group) is 1. The van der Waals surface area contributed by atoms with Gasteiger partial charge in [0.05, 0.1) is 16.5 Å². The summed E-state index contributed by atoms with van der Waals surface area (Å²) in [4.78, 5) is 9.88. The van der Waals surface area contributed by atoms with E-state index in [-0.39, 0.29) is 11.8 Å². The van der Waals surface area contributed by atoms with Gasteiger partial charge >= 0.3 is 0 Å². The minimum atomic E-state index is -3.05. The van der Waals surface area contributed by atoms with Gasteiger partial charge in [-0.15, -0.1) is 11.3 Å². The van der Waals surface area contributed by atoms with Crippen LogP contribution in [0.1, 0.15) is 24.8 Å². The van der Waals surface area contributed by atoms with Gasteiger partial charge in [-0.1, -0.05) is 6.07 Å². The summed E-state index contributed by atoms with van der Waals surface area (Å²) in [5.74, 6) is 0.935. The minimum absolute atomic E-state index is 0.169. The molecule has 0 saturated carbocycles. The summed E-state index contributed by atoms with van der Waals surface area (Å²) in [7, 11) is 2.82. The predicted molar refractivity (Wildman–Crippen MR) is 102 cm³/mol. The average molecular weight is 373 g/mol. The van der Waals surface area contributed by atoms with Gasteiger partial charge in [0.2, 0.25) is 0 Å². The van der Waals surface area contributed by atoms with E-state index in [1.807, 2.05) is 4.90 Å². The zero-order chi connectivity index (χ0) is 18.0. The Kier molecular flexibility index (Phi) is 5.93. The topological polar surface area (TPSA) is 65.0 Å². The Morgan fingerprint density at radius 1 is 1.50 bits per heavy atom. The van der Waals surface area contributed by atoms with E-state index in [0.717, 1.165) is 12.5 Å². The molecule has 1 aliphatic rings. The van der Waals surface area contributed by atoms with Crippen molar-refractivity contribution in [1.82, 2.24) is 15.1 Å². The van der Waals surface area contributed by atoms with Crippen molar-refractivity contribution in [1.29, 1.82) is 0 Å². The third-order valence-electron chi connectivity index (χ3n) is 4.50. The van der Waals surface area contributed by atoms with Crippen LogP contribution < -0.4 is 5.32 Å². The third kappa shape index (κ3) is 4.10. The van der Waals surface area contributed by atoms with Crippen molar-refractivity contribution in [3.05, 3.63) is 22.4 Å². The second-order valence-corrected chi connectivity index (χ2v) is 10.6. The van der Waals surface area contributed by atoms with Crippen LogP contribution in [0.2, 0.25) is 0 Å². The van der Waals surface area contributed by atoms with Crippen LogP contribution in [0.4, 0.5) is 0 Å². The van der Waals surface area contributed by atoms with Crippen LogP contribution in [0.25, 0.3) is 0 Å². The molecule has 0 aromatic carbocycles. The molecule has 6 nitrogen and oxygen atoms in total. The molecule has 1 saturated heterocycles. The lowest BCUT2D eigenvalue weighted by Crippen LogP contribution is -2.57. The quantitative estimate of drug-likeness (QED) is 0.640. The van der Waals surface area contributed by atoms with E-state index in [2.05, 4.69) is 46.8 Å². The van der Waals surface area contributed by atoms with Crippen molar-refractivity contribution in [3.63, 3.8) is 0 Å². The number of hydrogen-bond acceptors (Lipinski definition) is 5. The second kappa shape index (κ2) is 7.41. The monoisotopic (exact) mass is 372 g/mol. The smallest absolute Gasteiger partial charge is 0.193 e. The molecule has 1 N–H and O–H groups in total. The first kappa shape index (κ1) is 19.2. The summed E-state index contributed by atoms with van der Waals surface area (Å²) in [6.07, 6.45) is 0. The third-order valence-corrected chi connectivity index (χ3v) is 8.01. The molecule has 136 valence electrons. The maximum absolute atomic E-state index is 12.2. The molecule has 2 heterocycles. The van der Waals surface area contributed by atoms with Gasteiger partial charge in [-0.2, -0.15) is 0 Å². The van der Waals surface area contributed by atoms with Crippen LogP contribution in [0.15, 0.2) is 22.5 Å². The molecule has 1 aliphatic heterocycles. The molecule has 0 radical (unpaired) electrons. The largest absolute Gasteiger partial charge is 0.354 e. The summed E-state index contributed by atoms with van der Waals surface area (Å²) >= 11 is 1.74. The summed E-state index contributed by atoms with van der Waals surface area (Å²) < 4.78 is 23.6. The Hall–Kier alpha value is -1.12. The zero-order valence-corrected chi connectivity index (χ0v) is 16.7. The van der Waals surface area contributed by atoms with Crippen LogP contribution in [0.5, 0.6) is 0 Å². The molecule has 0 spiro atoms. The highest BCUT2D eigenvalue weighted by Gasteiger charge is 2.41. The van der Waals surface area contributed by atoms with Gasteiger partial charge in [0, 0.05) is 31.6 Å². The van der Waals surface area contributed by atoms with E-state index in [4.69, 9.17) is 0 Å². The Bertz CT molecular complexity index is 666. The van der Waals surface area contributed by atoms with E-state index in [9.17, 15) is 8.42 Å². The van der Waals surface area contributed by atoms with Crippen molar-refractivity contribution in [2.45, 2.75) is 24.6 Å². The fraction of sp³-hybridized carbons (Fsp3) is 0.688. The van der Waals surface area contributed by atoms with Gasteiger partial charge in [-0.3, -0.25) is 4.99 Å². The minimum Gasteiger partial charge on any atom is -0.354 e. The van der Waals surface area contributed by atoms with Crippen molar-refractivity contribution < 1.29 is 8.42 Å². The summed E-state index contributed by atoms with van der Waals surface area (Å²) in [6, 6.07) is 4.45. The highest BCUT2D eigenvalue weighted by molar-refractivity contribution is 7.92. The number of nitrogens with one attached hydrogen (secondary N) is 1. The number of thiophene rings is 1. The normalized spacial score (nSPS) is 21.8. The summed E-state index contributed by atoms with van der Waals surface area (Å²) in [6.45, 7) is 5.24. The van der Waals surface area contributed by atoms with E-state index in [0.29, 0.717) is 13.1 Å². The van der Waals surface area contributed by atoms with E-state index >= 15 is 0 Å². The number of rotatable bonds is 4. The van der Waals surface area contributed by atoms with Crippen LogP contribution in [0, 0.1) is 0 Å². The molecule has 1 fully saturated rings. The standard InChI is InChI=1S/C16H28N4O2S2/c1-16(2)12-20(8-10-24(16,21)22)15(17-3)18-11-13(19(4)5)14-7-6-9-23-14/h6-7,9,13H,8,10-12H2,1-5H3,(H,17,18). The van der Waals surface area contributed by atoms with Gasteiger partial charge in [0.25, 0.3) is 0 Å². The van der Waals surface area contributed by atoms with E-state index in [1.54, 1.807) is 32.2 Å². The molecule has 8 heteroatoms. The van der Waals surface area contributed by atoms with Crippen LogP contribution in [-0.4, -0.2) is 75.5 Å². The summed E-state index contributed by atoms with van der Waals surface area (Å²) in [5.41, 5.74) is 0. The highest BCUT2D eigenvalue weighted by Crippen LogP contribution is 2.25. The SMILES string of the molecule is CN=C(NCC(c1cccs1)N(C)C)N1CCS(=O)(=O)C(C)(C)C1. The number of guanidine groups is 1. The number of nitrogens with zero attached hydrogens (tertiary/aromatic N) is 3. The molecule has 0 aliphatic carbocycles. The maximum Gasteiger partial charge on any atom is 0.193 e. The van der Waals surface area contributed by atoms with Gasteiger partial charge in [0.1, 0.15) is 0 Å². The Balaban J connectivity index is 2.05. The van der Waals surface area contributed by atoms with E-state index < -0.39 is 14.6 Å². The Labute approximate surface area is 149 Å². The van der Waals surface area contributed by atoms with Gasteiger partial charge < -0.3 is 15.1 Å². The molecule has 1 aromatic heterocycles. The molecule has 2 rings (SSSR count). The lowest BCUT2D eigenvalue weighted by atomic mass is 10.2. The zero-order valence-electron chi connectivity index (χ0n) is 15.1. The number of hydrogen-bond donors (Lipinski definition) is 1. The molecule has 0 bridgehead atoms. The molecule has 0 amide bonds. The highest BCUT2D eigenvalue weighted by atomic mass is 32.2. The average Bonchev–Trinajstić information content (AvgIpc) is 3.00. The fourth-order valence-electron chi connectivity index (χ4n) is 2.86. The Morgan fingerprint density at radius 3 is 2.71 bits per heavy atom. The maximum atomic E-state index is 12.2. The van der Waals surface area contributed by atoms with E-state index in [1.165, 1.54) is 4.88 Å². The summed E-state index contributed by atoms with van der Waals surface area (Å²) in [5, 5.41) is 5.50. The molecule has 1 aromatic rings. The van der Waals surface area contributed by atoms with Crippen molar-refractivity contribution in [3.8, 4) is 0 Å². The number of aliphatic imine (C=N–C) groups is 1. The second-order valence-electron chi connectivity index (χ2n) is 6.92. The lowest BCUT2D eigenvalue weighted by molar-refractivity contribution is 0.295. The van der Waals surface area contributed by atoms with Crippen molar-refractivity contribution in [2.75, 3.05) is 46.5 Å². The van der Waals surface area contributed by atoms with Gasteiger partial charge in [0.15, 0.2) is 15.8 Å². The molecular formula is C16H28N4O2S2. The Morgan fingerprint density at radius 2 is 2.21 bits per heavy atom. The molecule has 24 heavy (non-hydrogen) atoms. The predicted octanol–water partition coefficient (Wildman–Crippen LogP) is 1.44. The van der Waals surface area contributed by atoms with Crippen molar-refractivity contribution >= 4 is 27.1 Å². The van der Waals surface area contributed by atoms with Gasteiger partial charge in [-0.25, -0.2) is 8.42 Å². The first-order valence-electron chi connectivity index (χ1n) is 8.05. The first-order valence-corrected chi connectivity index (χ1v) is 10.6. The van der Waals surface area contributed by atoms with Crippen LogP contribution >= 0.6 is 11.3 Å². The van der Waals surface area contributed by atoms with Crippen LogP contribution in [-0.2, 0) is 9.84 Å². The molecular weight excluding hydrogens is 344 g/mol. The van der Waals surface area contributed by atoms with Gasteiger partial charge in [-0.05, 0) is 39.4 Å². The lowest BCUT2D eigenvalue weighted by Gasteiger charge is -2.39.